The zero-order valence-electron chi connectivity index (χ0n) is 11.5. The fourth-order valence-electron chi connectivity index (χ4n) is 3.74. The average molecular weight is 284 g/mol. The minimum atomic E-state index is -1.12. The Morgan fingerprint density at radius 3 is 2.25 bits per heavy atom. The van der Waals surface area contributed by atoms with Crippen LogP contribution in [0.25, 0.3) is 0 Å². The first-order valence-corrected chi connectivity index (χ1v) is 7.26. The molecule has 0 radical (unpaired) electrons. The topological polar surface area (TPSA) is 15.3 Å². The van der Waals surface area contributed by atoms with Crippen molar-refractivity contribution in [3.05, 3.63) is 29.6 Å². The van der Waals surface area contributed by atoms with E-state index in [1.54, 1.807) is 0 Å². The van der Waals surface area contributed by atoms with Crippen LogP contribution in [0.1, 0.15) is 32.6 Å². The summed E-state index contributed by atoms with van der Waals surface area (Å²) in [6, 6.07) is 2.54. The summed E-state index contributed by atoms with van der Waals surface area (Å²) in [5, 5.41) is 3.44. The third-order valence-corrected chi connectivity index (χ3v) is 4.49. The highest BCUT2D eigenvalue weighted by atomic mass is 19.2. The summed E-state index contributed by atoms with van der Waals surface area (Å²) >= 11 is 0. The van der Waals surface area contributed by atoms with Gasteiger partial charge >= 0.3 is 0 Å². The van der Waals surface area contributed by atoms with Gasteiger partial charge in [0.05, 0.1) is 5.69 Å². The van der Waals surface area contributed by atoms with Crippen molar-refractivity contribution in [2.24, 2.45) is 0 Å². The van der Waals surface area contributed by atoms with Crippen LogP contribution in [0.15, 0.2) is 12.1 Å². The molecule has 2 atom stereocenters. The highest BCUT2D eigenvalue weighted by molar-refractivity contribution is 5.52. The first-order valence-electron chi connectivity index (χ1n) is 7.26. The number of benzene rings is 1. The van der Waals surface area contributed by atoms with Crippen molar-refractivity contribution in [3.8, 4) is 0 Å². The molecule has 0 spiro atoms. The van der Waals surface area contributed by atoms with Crippen molar-refractivity contribution in [3.63, 3.8) is 0 Å². The predicted octanol–water partition coefficient (Wildman–Crippen LogP) is 3.21. The van der Waals surface area contributed by atoms with Gasteiger partial charge in [0.1, 0.15) is 5.82 Å². The molecule has 5 heteroatoms. The minimum absolute atomic E-state index is 0.214. The monoisotopic (exact) mass is 284 g/mol. The number of nitrogens with one attached hydrogen (secondary N) is 1. The number of piperidine rings is 1. The largest absolute Gasteiger partial charge is 0.363 e. The van der Waals surface area contributed by atoms with Crippen LogP contribution < -0.4 is 10.2 Å². The lowest BCUT2D eigenvalue weighted by atomic mass is 9.96. The van der Waals surface area contributed by atoms with Crippen LogP contribution in [-0.4, -0.2) is 24.7 Å². The van der Waals surface area contributed by atoms with Gasteiger partial charge in [-0.3, -0.25) is 0 Å². The zero-order valence-corrected chi connectivity index (χ0v) is 11.5. The smallest absolute Gasteiger partial charge is 0.161 e. The van der Waals surface area contributed by atoms with Crippen molar-refractivity contribution < 1.29 is 13.2 Å². The van der Waals surface area contributed by atoms with Gasteiger partial charge in [-0.05, 0) is 32.2 Å². The average Bonchev–Trinajstić information content (AvgIpc) is 2.66. The van der Waals surface area contributed by atoms with E-state index in [9.17, 15) is 13.2 Å². The maximum absolute atomic E-state index is 14.0. The molecule has 2 unspecified atom stereocenters. The van der Waals surface area contributed by atoms with E-state index in [-0.39, 0.29) is 17.8 Å². The molecule has 1 aromatic carbocycles. The molecule has 20 heavy (non-hydrogen) atoms. The fraction of sp³-hybridized carbons (Fsp3) is 0.600. The number of halogens is 3. The molecule has 2 nitrogen and oxygen atoms in total. The highest BCUT2D eigenvalue weighted by Crippen LogP contribution is 2.40. The molecule has 2 aliphatic rings. The fourth-order valence-corrected chi connectivity index (χ4v) is 3.74. The Morgan fingerprint density at radius 2 is 1.65 bits per heavy atom. The number of fused-ring (bicyclic) bond motifs is 2. The summed E-state index contributed by atoms with van der Waals surface area (Å²) < 4.78 is 40.4. The molecule has 110 valence electrons. The van der Waals surface area contributed by atoms with Gasteiger partial charge in [0.2, 0.25) is 0 Å². The first-order chi connectivity index (χ1) is 9.60. The van der Waals surface area contributed by atoms with E-state index in [1.165, 1.54) is 0 Å². The van der Waals surface area contributed by atoms with Crippen LogP contribution in [0, 0.1) is 17.5 Å². The number of anilines is 1. The standard InChI is InChI=1S/C15H19F3N2/c1-2-19-9-5-10-3-4-11(6-9)20(10)15-8-13(17)12(16)7-14(15)18/h7-11,19H,2-6H2,1H3. The second-order valence-corrected chi connectivity index (χ2v) is 5.74. The minimum Gasteiger partial charge on any atom is -0.363 e. The van der Waals surface area contributed by atoms with Crippen LogP contribution in [0.5, 0.6) is 0 Å². The van der Waals surface area contributed by atoms with Crippen LogP contribution in [0.2, 0.25) is 0 Å². The second kappa shape index (κ2) is 5.28. The predicted molar refractivity (Wildman–Crippen MR) is 72.3 cm³/mol. The summed E-state index contributed by atoms with van der Waals surface area (Å²) in [4.78, 5) is 1.96. The molecule has 2 fully saturated rings. The SMILES string of the molecule is CCNC1CC2CCC(C1)N2c1cc(F)c(F)cc1F. The molecule has 0 aliphatic carbocycles. The van der Waals surface area contributed by atoms with Gasteiger partial charge in [-0.15, -0.1) is 0 Å². The van der Waals surface area contributed by atoms with Crippen molar-refractivity contribution >= 4 is 5.69 Å². The number of hydrogen-bond donors (Lipinski definition) is 1. The maximum atomic E-state index is 14.0. The third-order valence-electron chi connectivity index (χ3n) is 4.49. The highest BCUT2D eigenvalue weighted by Gasteiger charge is 2.41. The van der Waals surface area contributed by atoms with E-state index in [2.05, 4.69) is 12.2 Å². The Balaban J connectivity index is 1.87. The van der Waals surface area contributed by atoms with Crippen molar-refractivity contribution in [2.45, 2.75) is 50.7 Å². The van der Waals surface area contributed by atoms with Gasteiger partial charge in [-0.1, -0.05) is 6.92 Å². The zero-order chi connectivity index (χ0) is 14.3. The molecule has 2 aliphatic heterocycles. The van der Waals surface area contributed by atoms with E-state index >= 15 is 0 Å². The van der Waals surface area contributed by atoms with Gasteiger partial charge in [-0.25, -0.2) is 13.2 Å². The number of hydrogen-bond acceptors (Lipinski definition) is 2. The van der Waals surface area contributed by atoms with E-state index in [1.807, 2.05) is 4.90 Å². The third kappa shape index (κ3) is 2.28. The van der Waals surface area contributed by atoms with Crippen LogP contribution >= 0.6 is 0 Å². The van der Waals surface area contributed by atoms with Crippen LogP contribution in [0.4, 0.5) is 18.9 Å². The Hall–Kier alpha value is -1.23. The molecule has 2 bridgehead atoms. The second-order valence-electron chi connectivity index (χ2n) is 5.74. The lowest BCUT2D eigenvalue weighted by molar-refractivity contribution is 0.358. The van der Waals surface area contributed by atoms with Gasteiger partial charge in [0, 0.05) is 30.3 Å². The molecule has 0 saturated carbocycles. The molecular weight excluding hydrogens is 265 g/mol. The van der Waals surface area contributed by atoms with E-state index in [4.69, 9.17) is 0 Å². The number of nitrogens with zero attached hydrogens (tertiary/aromatic N) is 1. The Morgan fingerprint density at radius 1 is 1.05 bits per heavy atom. The van der Waals surface area contributed by atoms with E-state index in [0.29, 0.717) is 12.1 Å². The Labute approximate surface area is 117 Å². The number of rotatable bonds is 3. The first kappa shape index (κ1) is 13.7. The lowest BCUT2D eigenvalue weighted by Gasteiger charge is -2.41. The molecule has 3 rings (SSSR count). The summed E-state index contributed by atoms with van der Waals surface area (Å²) in [7, 11) is 0. The van der Waals surface area contributed by atoms with E-state index in [0.717, 1.165) is 38.3 Å². The summed E-state index contributed by atoms with van der Waals surface area (Å²) in [6.07, 6.45) is 3.85. The molecule has 0 amide bonds. The Kier molecular flexibility index (Phi) is 3.63. The van der Waals surface area contributed by atoms with Gasteiger partial charge in [0.25, 0.3) is 0 Å². The summed E-state index contributed by atoms with van der Waals surface area (Å²) in [6.45, 7) is 2.99. The molecular formula is C15H19F3N2. The normalized spacial score (nSPS) is 29.0. The van der Waals surface area contributed by atoms with Crippen LogP contribution in [0.3, 0.4) is 0 Å². The van der Waals surface area contributed by atoms with E-state index < -0.39 is 17.5 Å². The van der Waals surface area contributed by atoms with Gasteiger partial charge < -0.3 is 10.2 Å². The lowest BCUT2D eigenvalue weighted by Crippen LogP contribution is -2.49. The van der Waals surface area contributed by atoms with Crippen molar-refractivity contribution in [2.75, 3.05) is 11.4 Å². The Bertz CT molecular complexity index is 492. The van der Waals surface area contributed by atoms with Crippen molar-refractivity contribution in [1.29, 1.82) is 0 Å². The molecule has 0 aromatic heterocycles. The molecule has 1 aromatic rings. The summed E-state index contributed by atoms with van der Waals surface area (Å²) in [5.41, 5.74) is 0.214. The quantitative estimate of drug-likeness (QED) is 0.857. The van der Waals surface area contributed by atoms with Gasteiger partial charge in [0.15, 0.2) is 11.6 Å². The molecule has 1 N–H and O–H groups in total. The van der Waals surface area contributed by atoms with Crippen molar-refractivity contribution in [1.82, 2.24) is 5.32 Å². The van der Waals surface area contributed by atoms with Crippen LogP contribution in [-0.2, 0) is 0 Å². The maximum Gasteiger partial charge on any atom is 0.161 e. The molecule has 2 saturated heterocycles. The summed E-state index contributed by atoms with van der Waals surface area (Å²) in [5.74, 6) is -2.77. The molecule has 2 heterocycles. The van der Waals surface area contributed by atoms with Gasteiger partial charge in [-0.2, -0.15) is 0 Å².